The van der Waals surface area contributed by atoms with E-state index in [1.807, 2.05) is 0 Å². The standard InChI is InChI=1S/C28H33N21O13P2/c29-20-15-22(36-5-34-20)48(8-39-15)26-18(13(43-45-32)11(3-50)59-26)62-64(54,55)58-4-12-14(44-46-33)19(27(60-12)49-9-40-16-21(30)35-6-37-23(16)49)61-63(52,53)57-2-1-56-10-47-7-38-17-24(47)41-28(31)42-25(17)51/h5-9,11-14,18-19,26-27,50H,1-4,10H2,(H,52,53)(H,54,55)(H2,29,34,36)(H2,30,35,37)(H3,31,41,42,51)/t11-,12-,13+,14+,18-,19-,26-,27-/m1/s1. The second-order valence-corrected chi connectivity index (χ2v) is 16.3. The number of azide groups is 2. The monoisotopic (exact) mass is 933 g/mol. The van der Waals surface area contributed by atoms with E-state index in [9.17, 15) is 39.9 Å². The largest absolute Gasteiger partial charge is 0.472 e. The number of hydrogen-bond acceptors (Lipinski definition) is 24. The van der Waals surface area contributed by atoms with Gasteiger partial charge >= 0.3 is 15.6 Å². The first-order valence-electron chi connectivity index (χ1n) is 18.2. The van der Waals surface area contributed by atoms with Crippen LogP contribution in [0.3, 0.4) is 0 Å². The second kappa shape index (κ2) is 18.0. The number of aromatic amines is 1. The molecule has 8 heterocycles. The maximum absolute atomic E-state index is 13.7. The maximum atomic E-state index is 13.7. The molecule has 0 aromatic carbocycles. The number of phosphoric ester groups is 2. The first-order chi connectivity index (χ1) is 30.7. The van der Waals surface area contributed by atoms with Crippen LogP contribution in [-0.4, -0.2) is 136 Å². The lowest BCUT2D eigenvalue weighted by molar-refractivity contribution is -0.0595. The van der Waals surface area contributed by atoms with Crippen molar-refractivity contribution in [3.8, 4) is 0 Å². The van der Waals surface area contributed by atoms with Gasteiger partial charge in [-0.15, -0.1) is 0 Å². The Balaban J connectivity index is 1.00. The number of nitrogen functional groups attached to an aromatic ring is 3. The van der Waals surface area contributed by atoms with Crippen LogP contribution in [0.4, 0.5) is 17.6 Å². The highest BCUT2D eigenvalue weighted by Crippen LogP contribution is 2.53. The minimum absolute atomic E-state index is 0.00285. The number of imidazole rings is 3. The van der Waals surface area contributed by atoms with Gasteiger partial charge in [0.15, 0.2) is 46.5 Å². The molecule has 2 saturated heterocycles. The number of aliphatic hydroxyl groups excluding tert-OH is 1. The number of H-pyrrole nitrogens is 1. The van der Waals surface area contributed by atoms with Crippen molar-refractivity contribution in [1.82, 2.24) is 58.6 Å². The van der Waals surface area contributed by atoms with Crippen LogP contribution in [0.15, 0.2) is 46.7 Å². The topological polar surface area (TPSA) is 486 Å². The molecule has 10 atom stereocenters. The average Bonchev–Trinajstić information content (AvgIpc) is 4.09. The van der Waals surface area contributed by atoms with E-state index in [4.69, 9.17) is 49.5 Å². The molecule has 2 aliphatic rings. The predicted molar refractivity (Wildman–Crippen MR) is 210 cm³/mol. The van der Waals surface area contributed by atoms with Gasteiger partial charge in [-0.1, -0.05) is 10.2 Å². The number of rotatable bonds is 18. The fourth-order valence-corrected chi connectivity index (χ4v) is 8.72. The molecule has 2 unspecified atom stereocenters. The molecule has 6 aromatic rings. The summed E-state index contributed by atoms with van der Waals surface area (Å²) in [7, 11) is -10.4. The summed E-state index contributed by atoms with van der Waals surface area (Å²) in [4.78, 5) is 74.4. The van der Waals surface area contributed by atoms with E-state index in [1.165, 1.54) is 32.7 Å². The van der Waals surface area contributed by atoms with Crippen molar-refractivity contribution < 1.29 is 56.3 Å². The van der Waals surface area contributed by atoms with Crippen molar-refractivity contribution in [2.24, 2.45) is 10.2 Å². The summed E-state index contributed by atoms with van der Waals surface area (Å²) in [6.45, 7) is -2.74. The number of phosphoric acid groups is 2. The molecule has 338 valence electrons. The third kappa shape index (κ3) is 8.73. The molecule has 10 N–H and O–H groups in total. The van der Waals surface area contributed by atoms with E-state index < -0.39 is 90.0 Å². The van der Waals surface area contributed by atoms with Crippen molar-refractivity contribution in [3.05, 3.63) is 62.9 Å². The highest BCUT2D eigenvalue weighted by Gasteiger charge is 2.53. The van der Waals surface area contributed by atoms with E-state index in [0.717, 1.165) is 12.7 Å². The van der Waals surface area contributed by atoms with Crippen LogP contribution in [0.1, 0.15) is 12.5 Å². The van der Waals surface area contributed by atoms with Gasteiger partial charge in [-0.05, 0) is 11.1 Å². The van der Waals surface area contributed by atoms with Gasteiger partial charge < -0.3 is 46.3 Å². The van der Waals surface area contributed by atoms with Crippen molar-refractivity contribution in [2.75, 3.05) is 43.6 Å². The summed E-state index contributed by atoms with van der Waals surface area (Å²) < 4.78 is 70.1. The fraction of sp³-hybridized carbons (Fsp3) is 0.464. The van der Waals surface area contributed by atoms with Crippen LogP contribution in [0, 0.1) is 0 Å². The smallest absolute Gasteiger partial charge is 0.394 e. The summed E-state index contributed by atoms with van der Waals surface area (Å²) >= 11 is 0. The van der Waals surface area contributed by atoms with Crippen LogP contribution >= 0.6 is 15.6 Å². The number of aromatic nitrogens is 12. The molecule has 0 bridgehead atoms. The van der Waals surface area contributed by atoms with E-state index in [-0.39, 0.29) is 64.4 Å². The quantitative estimate of drug-likeness (QED) is 0.0191. The first kappa shape index (κ1) is 44.1. The lowest BCUT2D eigenvalue weighted by Crippen LogP contribution is -2.35. The molecule has 6 aromatic heterocycles. The van der Waals surface area contributed by atoms with E-state index >= 15 is 0 Å². The minimum Gasteiger partial charge on any atom is -0.394 e. The second-order valence-electron chi connectivity index (χ2n) is 13.5. The Labute approximate surface area is 353 Å². The zero-order valence-corrected chi connectivity index (χ0v) is 34.0. The fourth-order valence-electron chi connectivity index (χ4n) is 6.89. The third-order valence-electron chi connectivity index (χ3n) is 9.62. The van der Waals surface area contributed by atoms with Gasteiger partial charge in [-0.3, -0.25) is 41.6 Å². The van der Waals surface area contributed by atoms with Crippen molar-refractivity contribution in [3.63, 3.8) is 0 Å². The first-order valence-corrected chi connectivity index (χ1v) is 21.2. The number of nitrogens with zero attached hydrogens (tertiary/aromatic N) is 17. The van der Waals surface area contributed by atoms with Gasteiger partial charge in [0, 0.05) is 9.82 Å². The lowest BCUT2D eigenvalue weighted by Gasteiger charge is -2.25. The van der Waals surface area contributed by atoms with Gasteiger partial charge in [-0.25, -0.2) is 44.0 Å². The van der Waals surface area contributed by atoms with Crippen LogP contribution in [-0.2, 0) is 48.2 Å². The molecular formula is C28H33N21O13P2. The maximum Gasteiger partial charge on any atom is 0.472 e. The Morgan fingerprint density at radius 2 is 1.31 bits per heavy atom. The summed E-state index contributed by atoms with van der Waals surface area (Å²) in [6.07, 6.45) is -3.30. The number of nitrogens with one attached hydrogen (secondary N) is 1. The number of hydrogen-bond donors (Lipinski definition) is 7. The molecule has 36 heteroatoms. The van der Waals surface area contributed by atoms with Crippen molar-refractivity contribution in [1.29, 1.82) is 0 Å². The molecule has 0 spiro atoms. The lowest BCUT2D eigenvalue weighted by atomic mass is 10.1. The van der Waals surface area contributed by atoms with Crippen molar-refractivity contribution >= 4 is 66.7 Å². The molecule has 0 radical (unpaired) electrons. The zero-order valence-electron chi connectivity index (χ0n) is 32.2. The molecule has 0 amide bonds. The Morgan fingerprint density at radius 1 is 0.766 bits per heavy atom. The van der Waals surface area contributed by atoms with Gasteiger partial charge in [0.1, 0.15) is 42.6 Å². The molecule has 8 rings (SSSR count). The van der Waals surface area contributed by atoms with E-state index in [1.54, 1.807) is 0 Å². The molecule has 0 aliphatic carbocycles. The highest BCUT2D eigenvalue weighted by molar-refractivity contribution is 7.47. The molecule has 34 nitrogen and oxygen atoms in total. The normalized spacial score (nSPS) is 25.3. The van der Waals surface area contributed by atoms with Crippen LogP contribution < -0.4 is 22.8 Å². The SMILES string of the molecule is [N-]=[N+]=N[C@@H]1[C@@H](OP(=O)(O)OC[C@H]2O[C@@H](n3cnc4c(N)ncnc43)[C@H](OP(=O)(O)OCCOCn3cnc4c(=O)[nH]c(N)nc43)[C@H]2N=[N+]=[N-])[C@H](n2cnc3c(N)ncnc32)O[C@@H]1CO. The predicted octanol–water partition coefficient (Wildman–Crippen LogP) is -0.331. The molecule has 0 saturated carbocycles. The van der Waals surface area contributed by atoms with Crippen LogP contribution in [0.5, 0.6) is 0 Å². The average molecular weight is 934 g/mol. The number of ether oxygens (including phenoxy) is 3. The number of anilines is 3. The number of aliphatic hydroxyl groups is 1. The van der Waals surface area contributed by atoms with Crippen molar-refractivity contribution in [2.45, 2.75) is 55.7 Å². The van der Waals surface area contributed by atoms with Crippen LogP contribution in [0.2, 0.25) is 0 Å². The van der Waals surface area contributed by atoms with E-state index in [0.29, 0.717) is 0 Å². The summed E-state index contributed by atoms with van der Waals surface area (Å²) in [5, 5.41) is 17.4. The third-order valence-corrected chi connectivity index (χ3v) is 11.6. The highest BCUT2D eigenvalue weighted by atomic mass is 31.2. The Morgan fingerprint density at radius 3 is 1.89 bits per heavy atom. The van der Waals surface area contributed by atoms with E-state index in [2.05, 4.69) is 64.9 Å². The minimum atomic E-state index is -5.32. The molecule has 2 aliphatic heterocycles. The van der Waals surface area contributed by atoms with Gasteiger partial charge in [0.05, 0.1) is 69.7 Å². The number of nitrogens with two attached hydrogens (primary N) is 3. The van der Waals surface area contributed by atoms with Gasteiger partial charge in [-0.2, -0.15) is 4.98 Å². The van der Waals surface area contributed by atoms with Gasteiger partial charge in [0.25, 0.3) is 5.56 Å². The number of fused-ring (bicyclic) bond motifs is 3. The summed E-state index contributed by atoms with van der Waals surface area (Å²) in [5.74, 6) is -0.216. The molecule has 64 heavy (non-hydrogen) atoms. The van der Waals surface area contributed by atoms with Crippen LogP contribution in [0.25, 0.3) is 54.4 Å². The Bertz CT molecular complexity index is 2950. The summed E-state index contributed by atoms with van der Waals surface area (Å²) in [6, 6.07) is -3.05. The Hall–Kier alpha value is -6.47. The zero-order chi connectivity index (χ0) is 45.3. The van der Waals surface area contributed by atoms with Gasteiger partial charge in [0.2, 0.25) is 5.95 Å². The Kier molecular flexibility index (Phi) is 12.4. The molecular weight excluding hydrogens is 900 g/mol. The summed E-state index contributed by atoms with van der Waals surface area (Å²) in [5.41, 5.74) is 36.3. The molecule has 2 fully saturated rings.